The summed E-state index contributed by atoms with van der Waals surface area (Å²) in [5, 5.41) is 0. The number of nitrogens with zero attached hydrogens (tertiary/aromatic N) is 1. The molecule has 0 fully saturated rings. The predicted molar refractivity (Wildman–Crippen MR) is 97.4 cm³/mol. The second kappa shape index (κ2) is 6.53. The number of benzene rings is 2. The molecule has 0 spiro atoms. The quantitative estimate of drug-likeness (QED) is 0.891. The van der Waals surface area contributed by atoms with E-state index in [1.165, 1.54) is 44.8 Å². The van der Waals surface area contributed by atoms with Gasteiger partial charge in [-0.3, -0.25) is 0 Å². The van der Waals surface area contributed by atoms with Crippen LogP contribution in [0.5, 0.6) is 0 Å². The van der Waals surface area contributed by atoms with Gasteiger partial charge in [-0.1, -0.05) is 35.4 Å². The van der Waals surface area contributed by atoms with Crippen molar-refractivity contribution in [2.75, 3.05) is 18.0 Å². The van der Waals surface area contributed by atoms with Crippen LogP contribution in [-0.4, -0.2) is 13.1 Å². The molecule has 0 unspecified atom stereocenters. The van der Waals surface area contributed by atoms with E-state index in [-0.39, 0.29) is 0 Å². The maximum Gasteiger partial charge on any atom is 0.0470 e. The second-order valence-corrected chi connectivity index (χ2v) is 6.43. The van der Waals surface area contributed by atoms with Gasteiger partial charge in [0.15, 0.2) is 0 Å². The summed E-state index contributed by atoms with van der Waals surface area (Å²) >= 11 is 0. The summed E-state index contributed by atoms with van der Waals surface area (Å²) in [5.41, 5.74) is 16.4. The van der Waals surface area contributed by atoms with Gasteiger partial charge in [-0.15, -0.1) is 0 Å². The number of anilines is 2. The highest BCUT2D eigenvalue weighted by Crippen LogP contribution is 2.36. The van der Waals surface area contributed by atoms with Crippen LogP contribution in [0.25, 0.3) is 0 Å². The van der Waals surface area contributed by atoms with Gasteiger partial charge in [-0.25, -0.2) is 0 Å². The Labute approximate surface area is 135 Å². The van der Waals surface area contributed by atoms with Crippen LogP contribution >= 0.6 is 0 Å². The topological polar surface area (TPSA) is 29.3 Å². The van der Waals surface area contributed by atoms with E-state index in [0.29, 0.717) is 6.54 Å². The van der Waals surface area contributed by atoms with E-state index in [1.807, 2.05) is 0 Å². The lowest BCUT2D eigenvalue weighted by Crippen LogP contribution is -2.27. The first kappa shape index (κ1) is 16.6. The molecule has 0 saturated carbocycles. The van der Waals surface area contributed by atoms with E-state index < -0.39 is 0 Å². The molecule has 2 nitrogen and oxygen atoms in total. The molecule has 0 amide bonds. The Morgan fingerprint density at radius 2 is 1.00 bits per heavy atom. The lowest BCUT2D eigenvalue weighted by Gasteiger charge is -2.31. The number of nitrogens with two attached hydrogens (primary N) is 1. The SMILES string of the molecule is Cc1cc(C)c(N(CCN)c2c(C)cc(C)cc2C)c(C)c1. The molecule has 0 aliphatic carbocycles. The molecule has 2 rings (SSSR count). The zero-order chi connectivity index (χ0) is 16.4. The van der Waals surface area contributed by atoms with Gasteiger partial charge in [0.05, 0.1) is 0 Å². The summed E-state index contributed by atoms with van der Waals surface area (Å²) in [6.07, 6.45) is 0. The lowest BCUT2D eigenvalue weighted by molar-refractivity contribution is 0.905. The minimum atomic E-state index is 0.638. The van der Waals surface area contributed by atoms with Crippen molar-refractivity contribution < 1.29 is 0 Å². The van der Waals surface area contributed by atoms with Crippen molar-refractivity contribution in [3.05, 3.63) is 57.6 Å². The van der Waals surface area contributed by atoms with Crippen LogP contribution in [0, 0.1) is 41.5 Å². The Hall–Kier alpha value is -1.80. The van der Waals surface area contributed by atoms with Crippen LogP contribution in [-0.2, 0) is 0 Å². The summed E-state index contributed by atoms with van der Waals surface area (Å²) in [7, 11) is 0. The van der Waals surface area contributed by atoms with E-state index in [0.717, 1.165) is 6.54 Å². The summed E-state index contributed by atoms with van der Waals surface area (Å²) in [6.45, 7) is 14.5. The van der Waals surface area contributed by atoms with Crippen molar-refractivity contribution >= 4 is 11.4 Å². The Morgan fingerprint density at radius 3 is 1.27 bits per heavy atom. The zero-order valence-electron chi connectivity index (χ0n) is 14.7. The third-order valence-electron chi connectivity index (χ3n) is 4.16. The Morgan fingerprint density at radius 1 is 0.682 bits per heavy atom. The number of hydrogen-bond donors (Lipinski definition) is 1. The molecule has 0 atom stereocenters. The molecule has 2 aromatic carbocycles. The summed E-state index contributed by atoms with van der Waals surface area (Å²) in [6, 6.07) is 9.02. The highest BCUT2D eigenvalue weighted by molar-refractivity contribution is 5.74. The second-order valence-electron chi connectivity index (χ2n) is 6.43. The molecule has 0 heterocycles. The maximum atomic E-state index is 5.92. The van der Waals surface area contributed by atoms with Gasteiger partial charge >= 0.3 is 0 Å². The van der Waals surface area contributed by atoms with Crippen molar-refractivity contribution in [3.63, 3.8) is 0 Å². The Bertz CT molecular complexity index is 583. The van der Waals surface area contributed by atoms with Crippen LogP contribution < -0.4 is 10.6 Å². The highest BCUT2D eigenvalue weighted by atomic mass is 15.1. The molecule has 0 radical (unpaired) electrons. The number of rotatable bonds is 4. The van der Waals surface area contributed by atoms with Crippen LogP contribution in [0.15, 0.2) is 24.3 Å². The average Bonchev–Trinajstić information content (AvgIpc) is 2.36. The normalized spacial score (nSPS) is 10.9. The monoisotopic (exact) mass is 296 g/mol. The fraction of sp³-hybridized carbons (Fsp3) is 0.400. The number of aryl methyl sites for hydroxylation is 6. The Balaban J connectivity index is 2.67. The van der Waals surface area contributed by atoms with Gasteiger partial charge in [0, 0.05) is 24.5 Å². The fourth-order valence-corrected chi connectivity index (χ4v) is 3.66. The molecule has 22 heavy (non-hydrogen) atoms. The first-order chi connectivity index (χ1) is 10.3. The molecule has 0 aliphatic rings. The largest absolute Gasteiger partial charge is 0.339 e. The minimum absolute atomic E-state index is 0.638. The smallest absolute Gasteiger partial charge is 0.0470 e. The molecule has 0 saturated heterocycles. The highest BCUT2D eigenvalue weighted by Gasteiger charge is 2.18. The van der Waals surface area contributed by atoms with E-state index in [4.69, 9.17) is 5.73 Å². The lowest BCUT2D eigenvalue weighted by atomic mass is 9.99. The van der Waals surface area contributed by atoms with Crippen molar-refractivity contribution in [1.29, 1.82) is 0 Å². The maximum absolute atomic E-state index is 5.92. The van der Waals surface area contributed by atoms with Gasteiger partial charge in [-0.05, 0) is 63.8 Å². The van der Waals surface area contributed by atoms with Crippen LogP contribution in [0.4, 0.5) is 11.4 Å². The molecular formula is C20H28N2. The fourth-order valence-electron chi connectivity index (χ4n) is 3.66. The minimum Gasteiger partial charge on any atom is -0.339 e. The molecule has 0 bridgehead atoms. The van der Waals surface area contributed by atoms with Crippen LogP contribution in [0.1, 0.15) is 33.4 Å². The first-order valence-electron chi connectivity index (χ1n) is 7.98. The predicted octanol–water partition coefficient (Wildman–Crippen LogP) is 4.63. The summed E-state index contributed by atoms with van der Waals surface area (Å²) < 4.78 is 0. The average molecular weight is 296 g/mol. The van der Waals surface area contributed by atoms with E-state index >= 15 is 0 Å². The van der Waals surface area contributed by atoms with E-state index in [9.17, 15) is 0 Å². The van der Waals surface area contributed by atoms with Gasteiger partial charge in [0.2, 0.25) is 0 Å². The third-order valence-corrected chi connectivity index (χ3v) is 4.16. The van der Waals surface area contributed by atoms with Crippen molar-refractivity contribution in [2.45, 2.75) is 41.5 Å². The Kier molecular flexibility index (Phi) is 4.92. The van der Waals surface area contributed by atoms with Gasteiger partial charge in [0.25, 0.3) is 0 Å². The van der Waals surface area contributed by atoms with Crippen LogP contribution in [0.3, 0.4) is 0 Å². The molecule has 2 heteroatoms. The van der Waals surface area contributed by atoms with E-state index in [2.05, 4.69) is 70.7 Å². The number of hydrogen-bond acceptors (Lipinski definition) is 2. The molecule has 2 N–H and O–H groups in total. The summed E-state index contributed by atoms with van der Waals surface area (Å²) in [5.74, 6) is 0. The van der Waals surface area contributed by atoms with E-state index in [1.54, 1.807) is 0 Å². The van der Waals surface area contributed by atoms with Gasteiger partial charge in [0.1, 0.15) is 0 Å². The van der Waals surface area contributed by atoms with Crippen molar-refractivity contribution in [1.82, 2.24) is 0 Å². The molecule has 0 aromatic heterocycles. The molecular weight excluding hydrogens is 268 g/mol. The van der Waals surface area contributed by atoms with Crippen LogP contribution in [0.2, 0.25) is 0 Å². The third kappa shape index (κ3) is 3.17. The summed E-state index contributed by atoms with van der Waals surface area (Å²) in [4.78, 5) is 2.40. The standard InChI is InChI=1S/C20H28N2/c1-13-9-15(3)19(16(4)10-13)22(8-7-21)20-17(5)11-14(2)12-18(20)6/h9-12H,7-8,21H2,1-6H3. The molecule has 118 valence electrons. The van der Waals surface area contributed by atoms with Crippen molar-refractivity contribution in [3.8, 4) is 0 Å². The molecule has 0 aliphatic heterocycles. The first-order valence-corrected chi connectivity index (χ1v) is 7.98. The van der Waals surface area contributed by atoms with Crippen molar-refractivity contribution in [2.24, 2.45) is 5.73 Å². The zero-order valence-corrected chi connectivity index (χ0v) is 14.7. The molecule has 2 aromatic rings. The van der Waals surface area contributed by atoms with Gasteiger partial charge < -0.3 is 10.6 Å². The van der Waals surface area contributed by atoms with Gasteiger partial charge in [-0.2, -0.15) is 0 Å².